The molecule has 0 atom stereocenters. The lowest BCUT2D eigenvalue weighted by atomic mass is 9.30. The van der Waals surface area contributed by atoms with Crippen molar-refractivity contribution in [1.29, 1.82) is 0 Å². The summed E-state index contributed by atoms with van der Waals surface area (Å²) in [6, 6.07) is 41.3. The van der Waals surface area contributed by atoms with Crippen LogP contribution >= 0.6 is 11.8 Å². The highest BCUT2D eigenvalue weighted by molar-refractivity contribution is 8.00. The molecule has 0 unspecified atom stereocenters. The van der Waals surface area contributed by atoms with Crippen molar-refractivity contribution in [1.82, 2.24) is 0 Å². The Morgan fingerprint density at radius 1 is 0.457 bits per heavy atom. The average molecular weight is 460 g/mol. The smallest absolute Gasteiger partial charge is 0.0912 e. The molecule has 0 aliphatic carbocycles. The number of benzene rings is 5. The molecule has 0 saturated heterocycles. The van der Waals surface area contributed by atoms with Gasteiger partial charge in [0.2, 0.25) is 13.4 Å². The predicted molar refractivity (Wildman–Crippen MR) is 151 cm³/mol. The van der Waals surface area contributed by atoms with Gasteiger partial charge in [-0.3, -0.25) is 0 Å². The zero-order chi connectivity index (χ0) is 22.9. The summed E-state index contributed by atoms with van der Waals surface area (Å²) in [5.74, 6) is 0. The molecule has 3 heterocycles. The van der Waals surface area contributed by atoms with Crippen molar-refractivity contribution in [3.05, 3.63) is 131 Å². The van der Waals surface area contributed by atoms with Crippen molar-refractivity contribution < 1.29 is 0 Å². The van der Waals surface area contributed by atoms with E-state index in [2.05, 4.69) is 109 Å². The van der Waals surface area contributed by atoms with Gasteiger partial charge >= 0.3 is 0 Å². The predicted octanol–water partition coefficient (Wildman–Crippen LogP) is 2.99. The van der Waals surface area contributed by atoms with Gasteiger partial charge in [0, 0.05) is 9.79 Å². The summed E-state index contributed by atoms with van der Waals surface area (Å²) < 4.78 is 0. The van der Waals surface area contributed by atoms with E-state index in [1.54, 1.807) is 0 Å². The van der Waals surface area contributed by atoms with E-state index in [1.165, 1.54) is 64.8 Å². The summed E-state index contributed by atoms with van der Waals surface area (Å²) in [5.41, 5.74) is 14.8. The Morgan fingerprint density at radius 2 is 1.11 bits per heavy atom. The minimum absolute atomic E-state index is 0.284. The van der Waals surface area contributed by atoms with E-state index in [4.69, 9.17) is 0 Å². The maximum Gasteiger partial charge on any atom is 0.244 e. The minimum Gasteiger partial charge on any atom is -0.0912 e. The lowest BCUT2D eigenvalue weighted by Crippen LogP contribution is -2.63. The van der Waals surface area contributed by atoms with E-state index in [1.807, 2.05) is 11.8 Å². The second-order valence-electron chi connectivity index (χ2n) is 10.0. The fourth-order valence-electron chi connectivity index (χ4n) is 6.70. The number of fused-ring (bicyclic) bond motifs is 6. The zero-order valence-corrected chi connectivity index (χ0v) is 20.2. The Morgan fingerprint density at radius 3 is 2.00 bits per heavy atom. The van der Waals surface area contributed by atoms with Crippen molar-refractivity contribution in [3.8, 4) is 0 Å². The van der Waals surface area contributed by atoms with Gasteiger partial charge in [0.1, 0.15) is 0 Å². The molecule has 0 N–H and O–H groups in total. The van der Waals surface area contributed by atoms with Gasteiger partial charge in [0.25, 0.3) is 0 Å². The van der Waals surface area contributed by atoms with Crippen LogP contribution in [0.3, 0.4) is 0 Å². The molecule has 3 aliphatic rings. The number of rotatable bonds is 1. The van der Waals surface area contributed by atoms with Gasteiger partial charge in [-0.1, -0.05) is 142 Å². The van der Waals surface area contributed by atoms with E-state index < -0.39 is 0 Å². The van der Waals surface area contributed by atoms with E-state index >= 15 is 0 Å². The van der Waals surface area contributed by atoms with Crippen molar-refractivity contribution in [3.63, 3.8) is 0 Å². The highest BCUT2D eigenvalue weighted by Crippen LogP contribution is 2.33. The first kappa shape index (κ1) is 19.8. The van der Waals surface area contributed by atoms with Crippen LogP contribution in [-0.2, 0) is 12.8 Å². The fraction of sp³-hybridized carbons (Fsp3) is 0.0625. The largest absolute Gasteiger partial charge is 0.244 e. The number of hydrogen-bond acceptors (Lipinski definition) is 1. The van der Waals surface area contributed by atoms with Gasteiger partial charge in [0.05, 0.1) is 0 Å². The van der Waals surface area contributed by atoms with Crippen LogP contribution in [0, 0.1) is 0 Å². The van der Waals surface area contributed by atoms with E-state index in [-0.39, 0.29) is 6.71 Å². The third-order valence-corrected chi connectivity index (χ3v) is 9.35. The SMILES string of the molecule is c1ccc(B2c3ccccc3Cc3cc4c(cc32)B2c3ccccc3Sc3cccc(c32)C4)cc1. The summed E-state index contributed by atoms with van der Waals surface area (Å²) in [5, 5.41) is 0. The molecule has 0 radical (unpaired) electrons. The standard InChI is InChI=1S/C32H22B2S/c1-2-11-25(12-3-1)33-26-13-5-4-9-21(26)17-23-19-24-18-22-10-8-16-31-32(22)34(29(24)20-28(23)33)27-14-6-7-15-30(27)35-31/h1-16,19-20H,17-18H2. The second kappa shape index (κ2) is 7.54. The maximum absolute atomic E-state index is 2.59. The quantitative estimate of drug-likeness (QED) is 0.340. The average Bonchev–Trinajstić information content (AvgIpc) is 2.91. The Kier molecular flexibility index (Phi) is 4.27. The van der Waals surface area contributed by atoms with E-state index in [0.717, 1.165) is 12.8 Å². The van der Waals surface area contributed by atoms with Crippen LogP contribution in [0.2, 0.25) is 0 Å². The molecule has 5 aromatic rings. The molecular formula is C32H22B2S. The van der Waals surface area contributed by atoms with Crippen LogP contribution in [0.5, 0.6) is 0 Å². The Bertz CT molecular complexity index is 1640. The van der Waals surface area contributed by atoms with E-state index in [0.29, 0.717) is 6.71 Å². The van der Waals surface area contributed by atoms with Crippen molar-refractivity contribution >= 4 is 58.0 Å². The summed E-state index contributed by atoms with van der Waals surface area (Å²) in [4.78, 5) is 2.83. The fourth-order valence-corrected chi connectivity index (χ4v) is 7.89. The van der Waals surface area contributed by atoms with Crippen LogP contribution in [0.4, 0.5) is 0 Å². The van der Waals surface area contributed by atoms with Crippen molar-refractivity contribution in [2.75, 3.05) is 0 Å². The number of hydrogen-bond donors (Lipinski definition) is 0. The van der Waals surface area contributed by atoms with Crippen LogP contribution in [0.25, 0.3) is 0 Å². The third-order valence-electron chi connectivity index (χ3n) is 8.18. The Labute approximate surface area is 211 Å². The molecule has 0 bridgehead atoms. The maximum atomic E-state index is 2.59. The molecular weight excluding hydrogens is 438 g/mol. The molecule has 0 spiro atoms. The van der Waals surface area contributed by atoms with Crippen LogP contribution in [0.1, 0.15) is 22.3 Å². The first-order valence-corrected chi connectivity index (χ1v) is 13.3. The summed E-state index contributed by atoms with van der Waals surface area (Å²) >= 11 is 1.94. The molecule has 3 aliphatic heterocycles. The molecule has 3 heteroatoms. The van der Waals surface area contributed by atoms with Crippen LogP contribution in [0.15, 0.2) is 119 Å². The lowest BCUT2D eigenvalue weighted by Gasteiger charge is -2.35. The Balaban J connectivity index is 1.40. The molecule has 8 rings (SSSR count). The molecule has 0 saturated carbocycles. The first-order chi connectivity index (χ1) is 17.3. The van der Waals surface area contributed by atoms with Gasteiger partial charge in [0.15, 0.2) is 0 Å². The van der Waals surface area contributed by atoms with Gasteiger partial charge in [-0.05, 0) is 47.2 Å². The first-order valence-electron chi connectivity index (χ1n) is 12.5. The highest BCUT2D eigenvalue weighted by atomic mass is 32.2. The topological polar surface area (TPSA) is 0 Å². The summed E-state index contributed by atoms with van der Waals surface area (Å²) in [7, 11) is 0. The van der Waals surface area contributed by atoms with Crippen LogP contribution < -0.4 is 32.8 Å². The molecule has 0 nitrogen and oxygen atoms in total. The summed E-state index contributed by atoms with van der Waals surface area (Å²) in [6.45, 7) is 0.604. The Hall–Kier alpha value is -3.42. The third kappa shape index (κ3) is 2.91. The van der Waals surface area contributed by atoms with Gasteiger partial charge in [-0.25, -0.2) is 0 Å². The molecule has 0 fully saturated rings. The van der Waals surface area contributed by atoms with Crippen molar-refractivity contribution in [2.24, 2.45) is 0 Å². The molecule has 162 valence electrons. The molecule has 0 aromatic heterocycles. The van der Waals surface area contributed by atoms with Crippen molar-refractivity contribution in [2.45, 2.75) is 22.6 Å². The monoisotopic (exact) mass is 460 g/mol. The highest BCUT2D eigenvalue weighted by Gasteiger charge is 2.39. The van der Waals surface area contributed by atoms with Gasteiger partial charge < -0.3 is 0 Å². The van der Waals surface area contributed by atoms with E-state index in [9.17, 15) is 0 Å². The minimum atomic E-state index is 0.284. The molecule has 5 aromatic carbocycles. The van der Waals surface area contributed by atoms with Gasteiger partial charge in [-0.2, -0.15) is 0 Å². The molecule has 35 heavy (non-hydrogen) atoms. The summed E-state index contributed by atoms with van der Waals surface area (Å²) in [6.07, 6.45) is 2.05. The molecule has 0 amide bonds. The van der Waals surface area contributed by atoms with Gasteiger partial charge in [-0.15, -0.1) is 0 Å². The normalized spacial score (nSPS) is 14.4. The van der Waals surface area contributed by atoms with Crippen LogP contribution in [-0.4, -0.2) is 13.4 Å². The zero-order valence-electron chi connectivity index (χ0n) is 19.4. The lowest BCUT2D eigenvalue weighted by molar-refractivity contribution is 1.15. The second-order valence-corrected chi connectivity index (χ2v) is 11.1.